The van der Waals surface area contributed by atoms with E-state index in [-0.39, 0.29) is 0 Å². The molecule has 56 valence electrons. The normalized spacial score (nSPS) is 57.6. The van der Waals surface area contributed by atoms with E-state index < -0.39 is 0 Å². The number of piperidine rings is 2. The SMILES string of the molecule is C1C2CN3CC1CN(C2)S3. The molecule has 0 aromatic carbocycles. The largest absolute Gasteiger partial charge is 0.236 e. The van der Waals surface area contributed by atoms with Gasteiger partial charge < -0.3 is 0 Å². The van der Waals surface area contributed by atoms with Crippen LogP contribution in [0.1, 0.15) is 6.42 Å². The highest BCUT2D eigenvalue weighted by atomic mass is 32.2. The molecule has 4 fully saturated rings. The first-order chi connectivity index (χ1) is 4.90. The molecule has 2 nitrogen and oxygen atoms in total. The fraction of sp³-hybridized carbons (Fsp3) is 1.00. The second-order valence-corrected chi connectivity index (χ2v) is 4.94. The molecule has 0 atom stereocenters. The smallest absolute Gasteiger partial charge is 0.0143 e. The monoisotopic (exact) mass is 156 g/mol. The summed E-state index contributed by atoms with van der Waals surface area (Å²) in [6.45, 7) is 5.44. The summed E-state index contributed by atoms with van der Waals surface area (Å²) in [6.07, 6.45) is 1.51. The van der Waals surface area contributed by atoms with Gasteiger partial charge in [-0.3, -0.25) is 0 Å². The van der Waals surface area contributed by atoms with Crippen molar-refractivity contribution < 1.29 is 0 Å². The molecule has 0 aromatic rings. The van der Waals surface area contributed by atoms with Gasteiger partial charge in [-0.05, 0) is 18.3 Å². The van der Waals surface area contributed by atoms with Crippen LogP contribution in [-0.4, -0.2) is 34.8 Å². The Kier molecular flexibility index (Phi) is 1.11. The first-order valence-electron chi connectivity index (χ1n) is 4.08. The molecule has 4 aliphatic heterocycles. The molecule has 0 aromatic heterocycles. The van der Waals surface area contributed by atoms with Gasteiger partial charge in [0, 0.05) is 38.3 Å². The molecule has 10 heavy (non-hydrogen) atoms. The third-order valence-corrected chi connectivity index (χ3v) is 3.80. The fourth-order valence-corrected chi connectivity index (χ4v) is 3.92. The third-order valence-electron chi connectivity index (χ3n) is 2.74. The Morgan fingerprint density at radius 1 is 0.900 bits per heavy atom. The molecule has 0 unspecified atom stereocenters. The van der Waals surface area contributed by atoms with Crippen LogP contribution in [0.25, 0.3) is 0 Å². The minimum atomic E-state index is 1.01. The summed E-state index contributed by atoms with van der Waals surface area (Å²) in [6, 6.07) is 0. The molecule has 4 saturated heterocycles. The van der Waals surface area contributed by atoms with Crippen molar-refractivity contribution in [3.63, 3.8) is 0 Å². The van der Waals surface area contributed by atoms with Gasteiger partial charge in [0.15, 0.2) is 0 Å². The minimum Gasteiger partial charge on any atom is -0.236 e. The van der Waals surface area contributed by atoms with Gasteiger partial charge in [0.05, 0.1) is 0 Å². The van der Waals surface area contributed by atoms with Gasteiger partial charge in [0.25, 0.3) is 0 Å². The maximum Gasteiger partial charge on any atom is 0.0143 e. The van der Waals surface area contributed by atoms with Crippen LogP contribution in [0.4, 0.5) is 0 Å². The van der Waals surface area contributed by atoms with Crippen LogP contribution in [0.2, 0.25) is 0 Å². The zero-order chi connectivity index (χ0) is 6.55. The Labute approximate surface area is 65.8 Å². The topological polar surface area (TPSA) is 6.48 Å². The molecular formula is C7H12N2S. The number of hydrogen-bond acceptors (Lipinski definition) is 3. The molecule has 0 spiro atoms. The van der Waals surface area contributed by atoms with E-state index in [1.807, 2.05) is 12.1 Å². The van der Waals surface area contributed by atoms with Crippen LogP contribution in [0.3, 0.4) is 0 Å². The summed E-state index contributed by atoms with van der Waals surface area (Å²) < 4.78 is 5.07. The lowest BCUT2D eigenvalue weighted by molar-refractivity contribution is 0.0891. The van der Waals surface area contributed by atoms with Crippen molar-refractivity contribution in [1.29, 1.82) is 0 Å². The molecule has 0 amide bonds. The second kappa shape index (κ2) is 1.90. The molecule has 0 aliphatic carbocycles. The maximum absolute atomic E-state index is 2.53. The average Bonchev–Trinajstić information content (AvgIpc) is 1.82. The summed E-state index contributed by atoms with van der Waals surface area (Å²) in [4.78, 5) is 0. The van der Waals surface area contributed by atoms with Crippen molar-refractivity contribution >= 4 is 12.1 Å². The first-order valence-corrected chi connectivity index (χ1v) is 4.81. The Morgan fingerprint density at radius 3 is 1.80 bits per heavy atom. The maximum atomic E-state index is 2.53. The predicted octanol–water partition coefficient (Wildman–Crippen LogP) is 0.817. The molecule has 0 N–H and O–H groups in total. The van der Waals surface area contributed by atoms with Crippen molar-refractivity contribution in [2.24, 2.45) is 11.8 Å². The molecule has 0 radical (unpaired) electrons. The zero-order valence-corrected chi connectivity index (χ0v) is 6.81. The van der Waals surface area contributed by atoms with Crippen LogP contribution in [0.15, 0.2) is 0 Å². The summed E-state index contributed by atoms with van der Waals surface area (Å²) in [5, 5.41) is 0. The quantitative estimate of drug-likeness (QED) is 0.479. The van der Waals surface area contributed by atoms with Crippen LogP contribution in [-0.2, 0) is 0 Å². The zero-order valence-electron chi connectivity index (χ0n) is 5.99. The van der Waals surface area contributed by atoms with E-state index in [9.17, 15) is 0 Å². The lowest BCUT2D eigenvalue weighted by Crippen LogP contribution is -2.55. The van der Waals surface area contributed by atoms with Crippen LogP contribution >= 0.6 is 12.1 Å². The van der Waals surface area contributed by atoms with Gasteiger partial charge in [-0.2, -0.15) is 0 Å². The van der Waals surface area contributed by atoms with E-state index >= 15 is 0 Å². The van der Waals surface area contributed by atoms with E-state index in [4.69, 9.17) is 0 Å². The predicted molar refractivity (Wildman–Crippen MR) is 42.3 cm³/mol. The fourth-order valence-electron chi connectivity index (χ4n) is 2.48. The van der Waals surface area contributed by atoms with Crippen molar-refractivity contribution in [3.8, 4) is 0 Å². The van der Waals surface area contributed by atoms with Crippen molar-refractivity contribution in [2.75, 3.05) is 26.2 Å². The summed E-state index contributed by atoms with van der Waals surface area (Å²) >= 11 is 1.97. The second-order valence-electron chi connectivity index (χ2n) is 3.74. The molecule has 0 saturated carbocycles. The molecule has 4 rings (SSSR count). The highest BCUT2D eigenvalue weighted by Crippen LogP contribution is 2.40. The van der Waals surface area contributed by atoms with Gasteiger partial charge in [0.2, 0.25) is 0 Å². The van der Waals surface area contributed by atoms with Gasteiger partial charge in [0.1, 0.15) is 0 Å². The van der Waals surface area contributed by atoms with E-state index in [0.29, 0.717) is 0 Å². The first kappa shape index (κ1) is 5.86. The third kappa shape index (κ3) is 0.742. The highest BCUT2D eigenvalue weighted by Gasteiger charge is 2.40. The van der Waals surface area contributed by atoms with Crippen molar-refractivity contribution in [3.05, 3.63) is 0 Å². The van der Waals surface area contributed by atoms with E-state index in [1.54, 1.807) is 0 Å². The standard InChI is InChI=1S/C7H12N2S/c1-6-2-8-4-7(1)5-9(3-6)10-8/h6-7H,1-5H2. The minimum absolute atomic E-state index is 1.01. The van der Waals surface area contributed by atoms with E-state index in [1.165, 1.54) is 32.6 Å². The molecule has 3 heteroatoms. The molecule has 4 aliphatic rings. The molecule has 4 bridgehead atoms. The Balaban J connectivity index is 1.90. The summed E-state index contributed by atoms with van der Waals surface area (Å²) in [5.74, 6) is 2.02. The van der Waals surface area contributed by atoms with E-state index in [2.05, 4.69) is 8.61 Å². The van der Waals surface area contributed by atoms with Gasteiger partial charge in [-0.1, -0.05) is 0 Å². The molecular weight excluding hydrogens is 144 g/mol. The average molecular weight is 156 g/mol. The van der Waals surface area contributed by atoms with Crippen molar-refractivity contribution in [2.45, 2.75) is 6.42 Å². The number of rotatable bonds is 0. The molecule has 4 heterocycles. The Hall–Kier alpha value is 0.270. The van der Waals surface area contributed by atoms with Crippen LogP contribution in [0.5, 0.6) is 0 Å². The lowest BCUT2D eigenvalue weighted by Gasteiger charge is -2.51. The number of hydrogen-bond donors (Lipinski definition) is 0. The summed E-state index contributed by atoms with van der Waals surface area (Å²) in [7, 11) is 0. The summed E-state index contributed by atoms with van der Waals surface area (Å²) in [5.41, 5.74) is 0. The van der Waals surface area contributed by atoms with Crippen molar-refractivity contribution in [1.82, 2.24) is 8.61 Å². The van der Waals surface area contributed by atoms with E-state index in [0.717, 1.165) is 11.8 Å². The Morgan fingerprint density at radius 2 is 1.40 bits per heavy atom. The van der Waals surface area contributed by atoms with Crippen LogP contribution < -0.4 is 0 Å². The number of nitrogens with zero attached hydrogens (tertiary/aromatic N) is 2. The van der Waals surface area contributed by atoms with Gasteiger partial charge >= 0.3 is 0 Å². The van der Waals surface area contributed by atoms with Crippen LogP contribution in [0, 0.1) is 11.8 Å². The van der Waals surface area contributed by atoms with Gasteiger partial charge in [-0.15, -0.1) is 0 Å². The Bertz CT molecular complexity index is 103. The lowest BCUT2D eigenvalue weighted by atomic mass is 9.87. The highest BCUT2D eigenvalue weighted by molar-refractivity contribution is 7.94. The van der Waals surface area contributed by atoms with Gasteiger partial charge in [-0.25, -0.2) is 8.61 Å².